The summed E-state index contributed by atoms with van der Waals surface area (Å²) in [7, 11) is -3.08. The van der Waals surface area contributed by atoms with Crippen LogP contribution in [0.5, 0.6) is 0 Å². The fourth-order valence-corrected chi connectivity index (χ4v) is 6.21. The number of amides is 1. The van der Waals surface area contributed by atoms with E-state index in [2.05, 4.69) is 10.4 Å². The predicted octanol–water partition coefficient (Wildman–Crippen LogP) is 4.19. The van der Waals surface area contributed by atoms with Gasteiger partial charge in [-0.05, 0) is 56.9 Å². The minimum absolute atomic E-state index is 0.0546. The lowest BCUT2D eigenvalue weighted by Gasteiger charge is -2.12. The van der Waals surface area contributed by atoms with Gasteiger partial charge in [0.25, 0.3) is 5.91 Å². The van der Waals surface area contributed by atoms with Gasteiger partial charge in [0.1, 0.15) is 0 Å². The molecular formula is C22H23ClN4O3S. The fraction of sp³-hybridized carbons (Fsp3) is 0.409. The zero-order valence-electron chi connectivity index (χ0n) is 17.4. The van der Waals surface area contributed by atoms with Crippen LogP contribution in [-0.2, 0) is 9.84 Å². The number of carbonyl (C=O) groups is 1. The molecule has 2 aromatic heterocycles. The normalized spacial score (nSPS) is 20.3. The quantitative estimate of drug-likeness (QED) is 0.632. The van der Waals surface area contributed by atoms with Gasteiger partial charge in [0.05, 0.1) is 44.9 Å². The molecule has 0 radical (unpaired) electrons. The van der Waals surface area contributed by atoms with Gasteiger partial charge in [0.15, 0.2) is 15.5 Å². The van der Waals surface area contributed by atoms with Crippen molar-refractivity contribution in [3.05, 3.63) is 51.8 Å². The minimum Gasteiger partial charge on any atom is -0.321 e. The Bertz CT molecular complexity index is 1330. The number of aromatic nitrogens is 3. The fourth-order valence-electron chi connectivity index (χ4n) is 4.23. The van der Waals surface area contributed by atoms with Gasteiger partial charge in [-0.1, -0.05) is 17.7 Å². The molecule has 1 saturated carbocycles. The van der Waals surface area contributed by atoms with Crippen LogP contribution in [0.1, 0.15) is 58.5 Å². The first-order chi connectivity index (χ1) is 14.7. The summed E-state index contributed by atoms with van der Waals surface area (Å²) in [5.41, 5.74) is 4.15. The standard InChI is InChI=1S/C22H23ClN4O3S/c1-12-3-6-18(17(23)9-12)25-22(28)16-10-19(14-4-5-14)24-21-20(16)13(2)26-27(21)15-7-8-31(29,30)11-15/h3,6,9-10,14-15H,4-5,7-8,11H2,1-2H3,(H,25,28)/t15-/m0/s1. The molecule has 3 heterocycles. The molecule has 9 heteroatoms. The molecule has 5 rings (SSSR count). The number of pyridine rings is 1. The maximum Gasteiger partial charge on any atom is 0.256 e. The maximum absolute atomic E-state index is 13.3. The number of aryl methyl sites for hydroxylation is 2. The average molecular weight is 459 g/mol. The molecule has 3 aromatic rings. The summed E-state index contributed by atoms with van der Waals surface area (Å²) in [6, 6.07) is 7.07. The molecule has 1 amide bonds. The highest BCUT2D eigenvalue weighted by atomic mass is 35.5. The molecule has 2 fully saturated rings. The topological polar surface area (TPSA) is 93.9 Å². The van der Waals surface area contributed by atoms with E-state index < -0.39 is 9.84 Å². The van der Waals surface area contributed by atoms with Gasteiger partial charge in [-0.2, -0.15) is 5.10 Å². The molecule has 162 valence electrons. The number of nitrogens with one attached hydrogen (secondary N) is 1. The Labute approximate surface area is 185 Å². The third-order valence-electron chi connectivity index (χ3n) is 6.02. The second-order valence-corrected chi connectivity index (χ2v) is 11.2. The summed E-state index contributed by atoms with van der Waals surface area (Å²) in [6.45, 7) is 3.77. The second kappa shape index (κ2) is 7.31. The summed E-state index contributed by atoms with van der Waals surface area (Å²) in [5, 5.41) is 8.68. The number of hydrogen-bond donors (Lipinski definition) is 1. The van der Waals surface area contributed by atoms with Crippen molar-refractivity contribution in [3.63, 3.8) is 0 Å². The lowest BCUT2D eigenvalue weighted by molar-refractivity contribution is 0.102. The molecule has 1 aromatic carbocycles. The first kappa shape index (κ1) is 20.5. The van der Waals surface area contributed by atoms with Crippen molar-refractivity contribution in [1.82, 2.24) is 14.8 Å². The second-order valence-electron chi connectivity index (χ2n) is 8.59. The van der Waals surface area contributed by atoms with E-state index >= 15 is 0 Å². The Morgan fingerprint density at radius 1 is 1.19 bits per heavy atom. The molecule has 31 heavy (non-hydrogen) atoms. The first-order valence-corrected chi connectivity index (χ1v) is 12.6. The van der Waals surface area contributed by atoms with E-state index in [9.17, 15) is 13.2 Å². The number of halogens is 1. The Hall–Kier alpha value is -2.45. The first-order valence-electron chi connectivity index (χ1n) is 10.4. The predicted molar refractivity (Wildman–Crippen MR) is 121 cm³/mol. The van der Waals surface area contributed by atoms with Crippen LogP contribution in [-0.4, -0.2) is 40.6 Å². The third kappa shape index (κ3) is 3.83. The van der Waals surface area contributed by atoms with Crippen LogP contribution >= 0.6 is 11.6 Å². The van der Waals surface area contributed by atoms with Gasteiger partial charge in [-0.15, -0.1) is 0 Å². The summed E-state index contributed by atoms with van der Waals surface area (Å²) < 4.78 is 25.8. The highest BCUT2D eigenvalue weighted by Gasteiger charge is 2.34. The van der Waals surface area contributed by atoms with Crippen molar-refractivity contribution in [2.45, 2.75) is 45.1 Å². The molecule has 0 spiro atoms. The van der Waals surface area contributed by atoms with E-state index in [1.807, 2.05) is 26.0 Å². The number of sulfone groups is 1. The molecule has 0 unspecified atom stereocenters. The highest BCUT2D eigenvalue weighted by molar-refractivity contribution is 7.91. The number of carbonyl (C=O) groups excluding carboxylic acids is 1. The number of nitrogens with zero attached hydrogens (tertiary/aromatic N) is 3. The molecule has 1 atom stereocenters. The van der Waals surface area contributed by atoms with Crippen molar-refractivity contribution >= 4 is 44.1 Å². The van der Waals surface area contributed by atoms with Crippen LogP contribution < -0.4 is 5.32 Å². The highest BCUT2D eigenvalue weighted by Crippen LogP contribution is 2.41. The molecule has 1 aliphatic carbocycles. The van der Waals surface area contributed by atoms with Crippen LogP contribution in [0.3, 0.4) is 0 Å². The number of rotatable bonds is 4. The molecular weight excluding hydrogens is 436 g/mol. The number of benzene rings is 1. The number of anilines is 1. The van der Waals surface area contributed by atoms with Gasteiger partial charge in [0.2, 0.25) is 0 Å². The Morgan fingerprint density at radius 2 is 1.97 bits per heavy atom. The Kier molecular flexibility index (Phi) is 4.82. The van der Waals surface area contributed by atoms with E-state index in [1.54, 1.807) is 16.8 Å². The Morgan fingerprint density at radius 3 is 2.61 bits per heavy atom. The van der Waals surface area contributed by atoms with Crippen LogP contribution in [0.2, 0.25) is 5.02 Å². The average Bonchev–Trinajstić information content (AvgIpc) is 3.43. The zero-order valence-corrected chi connectivity index (χ0v) is 18.9. The van der Waals surface area contributed by atoms with Crippen molar-refractivity contribution in [1.29, 1.82) is 0 Å². The lowest BCUT2D eigenvalue weighted by atomic mass is 10.1. The Balaban J connectivity index is 1.61. The maximum atomic E-state index is 13.3. The van der Waals surface area contributed by atoms with Crippen LogP contribution in [0.4, 0.5) is 5.69 Å². The summed E-state index contributed by atoms with van der Waals surface area (Å²) in [5.74, 6) is 0.259. The van der Waals surface area contributed by atoms with Crippen LogP contribution in [0, 0.1) is 13.8 Å². The summed E-state index contributed by atoms with van der Waals surface area (Å²) in [6.07, 6.45) is 2.58. The molecule has 0 bridgehead atoms. The zero-order chi connectivity index (χ0) is 21.9. The van der Waals surface area contributed by atoms with Gasteiger partial charge < -0.3 is 5.32 Å². The van der Waals surface area contributed by atoms with Gasteiger partial charge in [-0.25, -0.2) is 18.1 Å². The third-order valence-corrected chi connectivity index (χ3v) is 8.09. The number of fused-ring (bicyclic) bond motifs is 1. The number of hydrogen-bond acceptors (Lipinski definition) is 5. The SMILES string of the molecule is Cc1ccc(NC(=O)c2cc(C3CC3)nc3c2c(C)nn3[C@H]2CCS(=O)(=O)C2)c(Cl)c1. The van der Waals surface area contributed by atoms with E-state index in [1.165, 1.54) is 0 Å². The van der Waals surface area contributed by atoms with Crippen molar-refractivity contribution < 1.29 is 13.2 Å². The van der Waals surface area contributed by atoms with E-state index in [0.717, 1.165) is 24.1 Å². The largest absolute Gasteiger partial charge is 0.321 e. The van der Waals surface area contributed by atoms with E-state index in [0.29, 0.717) is 45.3 Å². The van der Waals surface area contributed by atoms with Crippen molar-refractivity contribution in [2.75, 3.05) is 16.8 Å². The van der Waals surface area contributed by atoms with Crippen LogP contribution in [0.25, 0.3) is 11.0 Å². The van der Waals surface area contributed by atoms with E-state index in [4.69, 9.17) is 16.6 Å². The van der Waals surface area contributed by atoms with E-state index in [-0.39, 0.29) is 23.5 Å². The van der Waals surface area contributed by atoms with Gasteiger partial charge in [-0.3, -0.25) is 4.79 Å². The molecule has 1 saturated heterocycles. The monoisotopic (exact) mass is 458 g/mol. The minimum atomic E-state index is -3.08. The molecule has 1 aliphatic heterocycles. The summed E-state index contributed by atoms with van der Waals surface area (Å²) in [4.78, 5) is 18.1. The molecule has 1 N–H and O–H groups in total. The molecule has 2 aliphatic rings. The van der Waals surface area contributed by atoms with Crippen molar-refractivity contribution in [3.8, 4) is 0 Å². The molecule has 7 nitrogen and oxygen atoms in total. The van der Waals surface area contributed by atoms with Crippen LogP contribution in [0.15, 0.2) is 24.3 Å². The van der Waals surface area contributed by atoms with Gasteiger partial charge in [0, 0.05) is 11.6 Å². The van der Waals surface area contributed by atoms with Crippen molar-refractivity contribution in [2.24, 2.45) is 0 Å². The smallest absolute Gasteiger partial charge is 0.256 e. The van der Waals surface area contributed by atoms with Gasteiger partial charge >= 0.3 is 0 Å². The summed E-state index contributed by atoms with van der Waals surface area (Å²) >= 11 is 6.32. The lowest BCUT2D eigenvalue weighted by Crippen LogP contribution is -2.15.